The molecule has 3 N–H and O–H groups in total. The molecule has 8 heteroatoms. The Morgan fingerprint density at radius 1 is 1.15 bits per heavy atom. The van der Waals surface area contributed by atoms with Crippen molar-refractivity contribution in [1.82, 2.24) is 10.1 Å². The van der Waals surface area contributed by atoms with Crippen LogP contribution in [-0.2, 0) is 10.2 Å². The predicted octanol–water partition coefficient (Wildman–Crippen LogP) is 3.87. The molecule has 0 bridgehead atoms. The average Bonchev–Trinajstić information content (AvgIpc) is 3.29. The van der Waals surface area contributed by atoms with Gasteiger partial charge in [-0.15, -0.1) is 0 Å². The molecule has 0 aliphatic carbocycles. The van der Waals surface area contributed by atoms with Crippen molar-refractivity contribution in [3.8, 4) is 11.1 Å². The molecule has 0 radical (unpaired) electrons. The van der Waals surface area contributed by atoms with Crippen molar-refractivity contribution in [2.24, 2.45) is 10.7 Å². The molecule has 1 aromatic heterocycles. The van der Waals surface area contributed by atoms with Crippen molar-refractivity contribution in [3.63, 3.8) is 0 Å². The minimum atomic E-state index is -0.417. The molecule has 1 fully saturated rings. The number of benzene rings is 2. The summed E-state index contributed by atoms with van der Waals surface area (Å²) in [7, 11) is 0. The summed E-state index contributed by atoms with van der Waals surface area (Å²) in [6, 6.07) is 16.4. The van der Waals surface area contributed by atoms with Crippen LogP contribution < -0.4 is 11.1 Å². The van der Waals surface area contributed by atoms with Gasteiger partial charge in [-0.3, -0.25) is 15.2 Å². The first-order valence-corrected chi connectivity index (χ1v) is 11.1. The van der Waals surface area contributed by atoms with Crippen LogP contribution in [0.15, 0.2) is 64.1 Å². The minimum absolute atomic E-state index is 0.235. The number of anilines is 1. The highest BCUT2D eigenvalue weighted by Gasteiger charge is 2.27. The first-order valence-electron chi connectivity index (χ1n) is 11.1. The van der Waals surface area contributed by atoms with Gasteiger partial charge in [0, 0.05) is 36.7 Å². The van der Waals surface area contributed by atoms with Gasteiger partial charge >= 0.3 is 0 Å². The summed E-state index contributed by atoms with van der Waals surface area (Å²) in [6.45, 7) is 8.93. The number of ether oxygens (including phenoxy) is 1. The number of nitrogens with one attached hydrogen (secondary N) is 1. The Bertz CT molecular complexity index is 1090. The standard InChI is InChI=1S/C25H30FN5O2/c1-25(2,19-9-7-18(8-10-19)20-5-3-4-6-21(20)26)22-17-23(33-30-22)29-24(27)28-11-12-31-13-15-32-16-14-31/h3-10,17H,11-16H2,1-2H3,(H3,27,28,29). The van der Waals surface area contributed by atoms with E-state index >= 15 is 0 Å². The third-order valence-electron chi connectivity index (χ3n) is 6.00. The van der Waals surface area contributed by atoms with Crippen LogP contribution in [0, 0.1) is 5.82 Å². The van der Waals surface area contributed by atoms with Gasteiger partial charge in [0.1, 0.15) is 5.82 Å². The lowest BCUT2D eigenvalue weighted by Crippen LogP contribution is -2.38. The molecule has 0 saturated carbocycles. The van der Waals surface area contributed by atoms with Crippen molar-refractivity contribution in [2.45, 2.75) is 19.3 Å². The maximum atomic E-state index is 14.1. The molecule has 3 aromatic rings. The lowest BCUT2D eigenvalue weighted by Gasteiger charge is -2.25. The van der Waals surface area contributed by atoms with Gasteiger partial charge in [-0.05, 0) is 17.2 Å². The molecule has 2 aromatic carbocycles. The number of hydrogen-bond acceptors (Lipinski definition) is 5. The first kappa shape index (κ1) is 22.9. The van der Waals surface area contributed by atoms with Crippen LogP contribution in [0.5, 0.6) is 0 Å². The number of morpholine rings is 1. The van der Waals surface area contributed by atoms with E-state index in [1.165, 1.54) is 6.07 Å². The highest BCUT2D eigenvalue weighted by atomic mass is 19.1. The smallest absolute Gasteiger partial charge is 0.231 e. The van der Waals surface area contributed by atoms with E-state index in [-0.39, 0.29) is 11.8 Å². The van der Waals surface area contributed by atoms with Crippen LogP contribution in [0.4, 0.5) is 10.3 Å². The molecule has 0 atom stereocenters. The number of hydrogen-bond donors (Lipinski definition) is 2. The molecule has 1 aliphatic rings. The quantitative estimate of drug-likeness (QED) is 0.419. The molecular formula is C25H30FN5O2. The SMILES string of the molecule is CC(C)(c1ccc(-c2ccccc2F)cc1)c1cc(NC(N)=NCCN2CCOCC2)on1. The highest BCUT2D eigenvalue weighted by molar-refractivity contribution is 5.91. The van der Waals surface area contributed by atoms with E-state index < -0.39 is 5.41 Å². The van der Waals surface area contributed by atoms with Crippen LogP contribution in [0.3, 0.4) is 0 Å². The minimum Gasteiger partial charge on any atom is -0.379 e. The molecule has 0 unspecified atom stereocenters. The summed E-state index contributed by atoms with van der Waals surface area (Å²) in [5.41, 5.74) is 8.80. The Morgan fingerprint density at radius 3 is 2.61 bits per heavy atom. The Hall–Kier alpha value is -3.23. The van der Waals surface area contributed by atoms with Crippen LogP contribution in [0.2, 0.25) is 0 Å². The zero-order valence-corrected chi connectivity index (χ0v) is 19.1. The fourth-order valence-electron chi connectivity index (χ4n) is 3.84. The van der Waals surface area contributed by atoms with Crippen LogP contribution in [0.1, 0.15) is 25.1 Å². The number of halogens is 1. The fourth-order valence-corrected chi connectivity index (χ4v) is 3.84. The van der Waals surface area contributed by atoms with E-state index in [1.807, 2.05) is 36.4 Å². The number of nitrogens with two attached hydrogens (primary N) is 1. The van der Waals surface area contributed by atoms with E-state index in [9.17, 15) is 4.39 Å². The molecule has 1 saturated heterocycles. The molecule has 174 valence electrons. The van der Waals surface area contributed by atoms with Gasteiger partial charge in [0.2, 0.25) is 5.88 Å². The Balaban J connectivity index is 1.39. The van der Waals surface area contributed by atoms with Crippen molar-refractivity contribution < 1.29 is 13.7 Å². The number of aromatic nitrogens is 1. The summed E-state index contributed by atoms with van der Waals surface area (Å²) in [4.78, 5) is 6.67. The number of guanidine groups is 1. The molecule has 0 amide bonds. The second-order valence-electron chi connectivity index (χ2n) is 8.60. The zero-order chi connectivity index (χ0) is 23.3. The van der Waals surface area contributed by atoms with Crippen molar-refractivity contribution in [2.75, 3.05) is 44.7 Å². The van der Waals surface area contributed by atoms with Crippen LogP contribution in [0.25, 0.3) is 11.1 Å². The average molecular weight is 452 g/mol. The number of aliphatic imine (C=N–C) groups is 1. The van der Waals surface area contributed by atoms with Gasteiger partial charge < -0.3 is 15.0 Å². The maximum Gasteiger partial charge on any atom is 0.231 e. The molecule has 33 heavy (non-hydrogen) atoms. The van der Waals surface area contributed by atoms with E-state index in [0.29, 0.717) is 18.0 Å². The second-order valence-corrected chi connectivity index (χ2v) is 8.60. The predicted molar refractivity (Wildman–Crippen MR) is 128 cm³/mol. The topological polar surface area (TPSA) is 88.9 Å². The lowest BCUT2D eigenvalue weighted by atomic mass is 9.81. The Morgan fingerprint density at radius 2 is 1.88 bits per heavy atom. The number of rotatable bonds is 7. The largest absolute Gasteiger partial charge is 0.379 e. The van der Waals surface area contributed by atoms with E-state index in [4.69, 9.17) is 15.0 Å². The Labute approximate surface area is 193 Å². The van der Waals surface area contributed by atoms with Crippen LogP contribution >= 0.6 is 0 Å². The van der Waals surface area contributed by atoms with Crippen molar-refractivity contribution in [3.05, 3.63) is 71.7 Å². The monoisotopic (exact) mass is 451 g/mol. The number of nitrogens with zero attached hydrogens (tertiary/aromatic N) is 3. The van der Waals surface area contributed by atoms with Crippen LogP contribution in [-0.4, -0.2) is 55.4 Å². The molecule has 0 spiro atoms. The maximum absolute atomic E-state index is 14.1. The van der Waals surface area contributed by atoms with Gasteiger partial charge in [0.25, 0.3) is 0 Å². The van der Waals surface area contributed by atoms with Gasteiger partial charge in [0.15, 0.2) is 5.96 Å². The summed E-state index contributed by atoms with van der Waals surface area (Å²) < 4.78 is 24.9. The molecule has 1 aliphatic heterocycles. The second kappa shape index (κ2) is 10.1. The summed E-state index contributed by atoms with van der Waals surface area (Å²) in [5, 5.41) is 7.21. The molecular weight excluding hydrogens is 421 g/mol. The normalized spacial score (nSPS) is 15.5. The lowest BCUT2D eigenvalue weighted by molar-refractivity contribution is 0.0394. The third-order valence-corrected chi connectivity index (χ3v) is 6.00. The van der Waals surface area contributed by atoms with Gasteiger partial charge in [-0.25, -0.2) is 4.39 Å². The van der Waals surface area contributed by atoms with Crippen molar-refractivity contribution in [1.29, 1.82) is 0 Å². The van der Waals surface area contributed by atoms with E-state index in [2.05, 4.69) is 34.2 Å². The van der Waals surface area contributed by atoms with Gasteiger partial charge in [-0.2, -0.15) is 0 Å². The van der Waals surface area contributed by atoms with Gasteiger partial charge in [-0.1, -0.05) is 61.5 Å². The van der Waals surface area contributed by atoms with E-state index in [1.54, 1.807) is 12.1 Å². The van der Waals surface area contributed by atoms with Crippen molar-refractivity contribution >= 4 is 11.8 Å². The molecule has 4 rings (SSSR count). The third kappa shape index (κ3) is 5.58. The molecule has 2 heterocycles. The van der Waals surface area contributed by atoms with E-state index in [0.717, 1.165) is 49.7 Å². The fraction of sp³-hybridized carbons (Fsp3) is 0.360. The summed E-state index contributed by atoms with van der Waals surface area (Å²) in [6.07, 6.45) is 0. The highest BCUT2D eigenvalue weighted by Crippen LogP contribution is 2.33. The summed E-state index contributed by atoms with van der Waals surface area (Å²) >= 11 is 0. The Kier molecular flexibility index (Phi) is 7.05. The van der Waals surface area contributed by atoms with Gasteiger partial charge in [0.05, 0.1) is 25.5 Å². The summed E-state index contributed by atoms with van der Waals surface area (Å²) in [5.74, 6) is 0.493. The molecule has 7 nitrogen and oxygen atoms in total. The zero-order valence-electron chi connectivity index (χ0n) is 19.1. The first-order chi connectivity index (χ1) is 15.9.